The second kappa shape index (κ2) is 34.0. The van der Waals surface area contributed by atoms with Gasteiger partial charge in [-0.15, -0.1) is 12.4 Å². The van der Waals surface area contributed by atoms with E-state index in [2.05, 4.69) is 89.2 Å². The summed E-state index contributed by atoms with van der Waals surface area (Å²) in [4.78, 5) is 38.7. The number of halogens is 5. The molecule has 2 aliphatic heterocycles. The molecule has 27 heteroatoms. The van der Waals surface area contributed by atoms with Crippen molar-refractivity contribution in [3.05, 3.63) is 138 Å². The Bertz CT molecular complexity index is 2890. The number of amides is 2. The average Bonchev–Trinajstić information content (AvgIpc) is 2.58. The van der Waals surface area contributed by atoms with Crippen molar-refractivity contribution < 1.29 is 58.4 Å². The highest BCUT2D eigenvalue weighted by molar-refractivity contribution is 6.35. The van der Waals surface area contributed by atoms with Gasteiger partial charge in [0.05, 0.1) is 79.3 Å². The van der Waals surface area contributed by atoms with Gasteiger partial charge in [0, 0.05) is 95.2 Å². The third-order valence-corrected chi connectivity index (χ3v) is 15.3. The Balaban J connectivity index is 0.0000104. The van der Waals surface area contributed by atoms with Crippen LogP contribution in [0.5, 0.6) is 0 Å². The van der Waals surface area contributed by atoms with E-state index in [1.54, 1.807) is 12.1 Å². The molecule has 85 heavy (non-hydrogen) atoms. The number of hydrogen-bond acceptors (Lipinski definition) is 18. The lowest BCUT2D eigenvalue weighted by molar-refractivity contribution is -0.155. The van der Waals surface area contributed by atoms with Gasteiger partial charge in [-0.25, -0.2) is 9.97 Å². The Morgan fingerprint density at radius 1 is 0.553 bits per heavy atom. The van der Waals surface area contributed by atoms with E-state index in [4.69, 9.17) is 74.8 Å². The van der Waals surface area contributed by atoms with E-state index in [1.165, 1.54) is 0 Å². The molecule has 0 saturated heterocycles. The van der Waals surface area contributed by atoms with Gasteiger partial charge in [0.25, 0.3) is 11.8 Å². The molecule has 6 aromatic rings. The summed E-state index contributed by atoms with van der Waals surface area (Å²) in [5.74, 6) is 0.662. The number of nitrogens with one attached hydrogen (secondary N) is 4. The van der Waals surface area contributed by atoms with E-state index < -0.39 is 36.2 Å². The third-order valence-electron chi connectivity index (χ3n) is 14.2. The van der Waals surface area contributed by atoms with Crippen LogP contribution >= 0.6 is 58.8 Å². The lowest BCUT2D eigenvalue weighted by Crippen LogP contribution is -2.54. The Kier molecular flexibility index (Phi) is 27.0. The van der Waals surface area contributed by atoms with Crippen molar-refractivity contribution >= 4 is 70.6 Å². The normalized spacial score (nSPS) is 16.7. The fourth-order valence-electron chi connectivity index (χ4n) is 9.93. The minimum Gasteiger partial charge on any atom is -0.387 e. The topological polar surface area (TPSA) is 284 Å². The molecule has 2 aromatic heterocycles. The smallest absolute Gasteiger partial charge is 0.251 e. The standard InChI is InChI=1S/C58H72Cl4N10O12.ClH/c1-71-31-43(41-27-39(59)29-47(61)45(41)33-71)35-5-3-7-37(25-35)55-65-49(67-69-55)9-13-79-17-21-83-23-19-81-15-11-63-57(77)53(75)51(73)52(74)54(76)58(78)64-12-16-82-20-24-84-22-18-80-14-10-50-66-56(70-68-50)38-8-4-6-36(26-38)44-32-72(2)34-46-42(44)28-40(60)30-48(46)62;/h3-8,25-30,43-44,51-54,73-76H,9-24,31-34H2,1-2H3,(H,63,77)(H,64,78)(H,65,67,69)(H,66,68,70);1H/t43-,44-,51-,52+,53+,54-;/m0./s1. The van der Waals surface area contributed by atoms with E-state index in [-0.39, 0.29) is 77.0 Å². The van der Waals surface area contributed by atoms with Crippen LogP contribution in [0, 0.1) is 0 Å². The van der Waals surface area contributed by atoms with Crippen LogP contribution in [0.1, 0.15) is 56.9 Å². The Morgan fingerprint density at radius 3 is 1.31 bits per heavy atom. The van der Waals surface area contributed by atoms with E-state index in [1.807, 2.05) is 36.4 Å². The molecular weight excluding hydrogens is 1210 g/mol. The van der Waals surface area contributed by atoms with Crippen LogP contribution in [0.2, 0.25) is 20.1 Å². The molecule has 462 valence electrons. The van der Waals surface area contributed by atoms with Gasteiger partial charge in [0.1, 0.15) is 23.9 Å². The summed E-state index contributed by atoms with van der Waals surface area (Å²) >= 11 is 26.0. The Morgan fingerprint density at radius 2 is 0.918 bits per heavy atom. The number of hydrogen-bond donors (Lipinski definition) is 8. The van der Waals surface area contributed by atoms with Crippen molar-refractivity contribution in [2.24, 2.45) is 0 Å². The first kappa shape index (κ1) is 67.6. The van der Waals surface area contributed by atoms with E-state index in [9.17, 15) is 30.0 Å². The SMILES string of the molecule is CN1Cc2c(Cl)cc(Cl)cc2[C@H](c2cccc(-c3n[nH]c(CCOCCOCCOCCNC(=O)[C@@H](O)[C@H](O)[C@H](O)[C@@H](O)C(=O)NCCOCCOCCOCCc4nc(-c5cccc([C@@H]6CN(C)Cc7c(Cl)cc(Cl)cc76)c5)n[nH]4)n3)c2)C1.Cl. The monoisotopic (exact) mass is 1280 g/mol. The molecule has 8 rings (SSSR count). The fourth-order valence-corrected chi connectivity index (χ4v) is 11.1. The van der Waals surface area contributed by atoms with Gasteiger partial charge in [-0.1, -0.05) is 82.8 Å². The average molecular weight is 1280 g/mol. The molecule has 4 heterocycles. The minimum absolute atomic E-state index is 0. The van der Waals surface area contributed by atoms with E-state index in [0.29, 0.717) is 95.9 Å². The van der Waals surface area contributed by atoms with Gasteiger partial charge in [-0.3, -0.25) is 19.8 Å². The second-order valence-electron chi connectivity index (χ2n) is 20.5. The lowest BCUT2D eigenvalue weighted by Gasteiger charge is -2.33. The number of ether oxygens (including phenoxy) is 6. The number of carbonyl (C=O) groups excluding carboxylic acids is 2. The van der Waals surface area contributed by atoms with Crippen LogP contribution in [0.25, 0.3) is 22.8 Å². The van der Waals surface area contributed by atoms with Gasteiger partial charge >= 0.3 is 0 Å². The molecule has 0 unspecified atom stereocenters. The Hall–Kier alpha value is -4.93. The van der Waals surface area contributed by atoms with Crippen LogP contribution in [0.4, 0.5) is 0 Å². The molecule has 0 fully saturated rings. The molecule has 2 aliphatic rings. The molecule has 0 radical (unpaired) electrons. The minimum atomic E-state index is -2.17. The van der Waals surface area contributed by atoms with Crippen LogP contribution in [-0.2, 0) is 63.9 Å². The number of aromatic nitrogens is 6. The number of aromatic amines is 2. The fraction of sp³-hybridized carbons (Fsp3) is 0.483. The van der Waals surface area contributed by atoms with Crippen LogP contribution in [0.3, 0.4) is 0 Å². The van der Waals surface area contributed by atoms with Gasteiger partial charge in [-0.2, -0.15) is 10.2 Å². The first-order valence-corrected chi connectivity index (χ1v) is 29.2. The van der Waals surface area contributed by atoms with E-state index >= 15 is 0 Å². The number of fused-ring (bicyclic) bond motifs is 2. The first-order chi connectivity index (χ1) is 40.6. The summed E-state index contributed by atoms with van der Waals surface area (Å²) in [6.45, 7) is 6.25. The van der Waals surface area contributed by atoms with Crippen molar-refractivity contribution in [3.63, 3.8) is 0 Å². The number of benzene rings is 4. The first-order valence-electron chi connectivity index (χ1n) is 27.7. The van der Waals surface area contributed by atoms with Gasteiger partial charge in [0.2, 0.25) is 0 Å². The maximum Gasteiger partial charge on any atom is 0.251 e. The number of aliphatic hydroxyl groups is 4. The molecular formula is C58H73Cl5N10O12. The Labute approximate surface area is 519 Å². The van der Waals surface area contributed by atoms with Gasteiger partial charge < -0.3 is 69.3 Å². The predicted molar refractivity (Wildman–Crippen MR) is 323 cm³/mol. The molecule has 22 nitrogen and oxygen atoms in total. The lowest BCUT2D eigenvalue weighted by atomic mass is 9.84. The van der Waals surface area contributed by atoms with Crippen LogP contribution in [0.15, 0.2) is 72.8 Å². The maximum atomic E-state index is 12.4. The maximum absolute atomic E-state index is 12.4. The van der Waals surface area contributed by atoms with Crippen molar-refractivity contribution in [2.45, 2.75) is 62.2 Å². The largest absolute Gasteiger partial charge is 0.387 e. The molecule has 0 bridgehead atoms. The zero-order valence-corrected chi connectivity index (χ0v) is 51.0. The summed E-state index contributed by atoms with van der Waals surface area (Å²) in [7, 11) is 4.16. The van der Waals surface area contributed by atoms with Crippen LogP contribution < -0.4 is 10.6 Å². The predicted octanol–water partition coefficient (Wildman–Crippen LogP) is 5.01. The summed E-state index contributed by atoms with van der Waals surface area (Å²) in [5.41, 5.74) is 8.46. The molecule has 2 amide bonds. The number of H-pyrrole nitrogens is 2. The van der Waals surface area contributed by atoms with E-state index in [0.717, 1.165) is 70.7 Å². The highest BCUT2D eigenvalue weighted by Gasteiger charge is 2.37. The molecule has 8 N–H and O–H groups in total. The van der Waals surface area contributed by atoms with Gasteiger partial charge in [-0.05, 0) is 83.9 Å². The van der Waals surface area contributed by atoms with Crippen molar-refractivity contribution in [2.75, 3.05) is 120 Å². The van der Waals surface area contributed by atoms with Crippen molar-refractivity contribution in [1.29, 1.82) is 0 Å². The van der Waals surface area contributed by atoms with Gasteiger partial charge in [0.15, 0.2) is 23.9 Å². The second-order valence-corrected chi connectivity index (χ2v) is 22.2. The number of rotatable bonds is 33. The summed E-state index contributed by atoms with van der Waals surface area (Å²) in [6, 6.07) is 24.0. The zero-order chi connectivity index (χ0) is 59.5. The summed E-state index contributed by atoms with van der Waals surface area (Å²) in [5, 5.41) is 63.5. The number of nitrogens with zero attached hydrogens (tertiary/aromatic N) is 6. The number of aliphatic hydroxyl groups excluding tert-OH is 4. The number of carbonyl (C=O) groups is 2. The molecule has 4 aromatic carbocycles. The highest BCUT2D eigenvalue weighted by Crippen LogP contribution is 2.41. The molecule has 0 spiro atoms. The molecule has 0 aliphatic carbocycles. The highest BCUT2D eigenvalue weighted by atomic mass is 35.5. The van der Waals surface area contributed by atoms with Crippen LogP contribution in [-0.4, -0.2) is 216 Å². The van der Waals surface area contributed by atoms with Crippen molar-refractivity contribution in [1.82, 2.24) is 50.8 Å². The quantitative estimate of drug-likeness (QED) is 0.0252. The number of likely N-dealkylation sites (N-methyl/N-ethyl adjacent to an activating group) is 2. The van der Waals surface area contributed by atoms with Crippen molar-refractivity contribution in [3.8, 4) is 22.8 Å². The molecule has 6 atom stereocenters. The summed E-state index contributed by atoms with van der Waals surface area (Å²) < 4.78 is 33.4. The zero-order valence-electron chi connectivity index (χ0n) is 47.2. The third kappa shape index (κ3) is 19.5. The summed E-state index contributed by atoms with van der Waals surface area (Å²) in [6.07, 6.45) is -7.60. The molecule has 0 saturated carbocycles.